The topological polar surface area (TPSA) is 34.9 Å². The first-order chi connectivity index (χ1) is 7.79. The molecule has 0 atom stereocenters. The highest BCUT2D eigenvalue weighted by Crippen LogP contribution is 2.22. The summed E-state index contributed by atoms with van der Waals surface area (Å²) < 4.78 is 2.01. The summed E-state index contributed by atoms with van der Waals surface area (Å²) in [6.07, 6.45) is 4.52. The fraction of sp³-hybridized carbons (Fsp3) is 0.167. The highest BCUT2D eigenvalue weighted by atomic mass is 32.2. The van der Waals surface area contributed by atoms with Crippen molar-refractivity contribution in [2.75, 3.05) is 0 Å². The number of hydrogen-bond donors (Lipinski definition) is 0. The number of imidazole rings is 1. The maximum absolute atomic E-state index is 10.5. The van der Waals surface area contributed by atoms with Crippen LogP contribution in [-0.2, 0) is 12.8 Å². The molecule has 0 unspecified atom stereocenters. The predicted molar refractivity (Wildman–Crippen MR) is 64.6 cm³/mol. The Kier molecular flexibility index (Phi) is 3.41. The summed E-state index contributed by atoms with van der Waals surface area (Å²) in [4.78, 5) is 15.7. The van der Waals surface area contributed by atoms with Gasteiger partial charge in [0.15, 0.2) is 0 Å². The maximum atomic E-state index is 10.5. The lowest BCUT2D eigenvalue weighted by Gasteiger charge is -2.02. The second kappa shape index (κ2) is 4.99. The van der Waals surface area contributed by atoms with Crippen molar-refractivity contribution >= 4 is 18.0 Å². The van der Waals surface area contributed by atoms with E-state index in [1.165, 1.54) is 5.69 Å². The molecule has 0 amide bonds. The minimum absolute atomic E-state index is 0.713. The van der Waals surface area contributed by atoms with Crippen LogP contribution < -0.4 is 0 Å². The van der Waals surface area contributed by atoms with E-state index in [2.05, 4.69) is 4.98 Å². The van der Waals surface area contributed by atoms with Crippen molar-refractivity contribution in [1.29, 1.82) is 0 Å². The molecule has 3 nitrogen and oxygen atoms in total. The van der Waals surface area contributed by atoms with Gasteiger partial charge in [-0.2, -0.15) is 0 Å². The molecule has 0 bridgehead atoms. The van der Waals surface area contributed by atoms with Crippen LogP contribution in [0, 0.1) is 0 Å². The minimum atomic E-state index is 0.713. The van der Waals surface area contributed by atoms with E-state index in [1.807, 2.05) is 42.1 Å². The predicted octanol–water partition coefficient (Wildman–Crippen LogP) is 2.52. The fourth-order valence-electron chi connectivity index (χ4n) is 1.32. The number of thioether (sulfide) groups is 1. The van der Waals surface area contributed by atoms with Gasteiger partial charge in [-0.25, -0.2) is 4.98 Å². The van der Waals surface area contributed by atoms with Crippen molar-refractivity contribution in [3.8, 4) is 0 Å². The molecule has 82 valence electrons. The highest BCUT2D eigenvalue weighted by Gasteiger charge is 2.00. The monoisotopic (exact) mass is 232 g/mol. The Labute approximate surface area is 98.5 Å². The number of hydrogen-bond acceptors (Lipinski definition) is 3. The van der Waals surface area contributed by atoms with E-state index in [0.717, 1.165) is 16.9 Å². The van der Waals surface area contributed by atoms with Crippen LogP contribution in [0.3, 0.4) is 0 Å². The molecule has 0 aliphatic carbocycles. The Morgan fingerprint density at radius 1 is 1.38 bits per heavy atom. The summed E-state index contributed by atoms with van der Waals surface area (Å²) >= 11 is 1.73. The lowest BCUT2D eigenvalue weighted by Crippen LogP contribution is -1.91. The second-order valence-corrected chi connectivity index (χ2v) is 4.52. The van der Waals surface area contributed by atoms with Gasteiger partial charge in [-0.05, 0) is 12.1 Å². The maximum Gasteiger partial charge on any atom is 0.150 e. The Bertz CT molecular complexity index is 476. The van der Waals surface area contributed by atoms with Crippen LogP contribution in [0.25, 0.3) is 0 Å². The first-order valence-electron chi connectivity index (χ1n) is 4.93. The number of rotatable bonds is 4. The van der Waals surface area contributed by atoms with Crippen LogP contribution in [-0.4, -0.2) is 15.8 Å². The molecule has 0 spiro atoms. The van der Waals surface area contributed by atoms with Gasteiger partial charge in [-0.15, -0.1) is 11.8 Å². The smallest absolute Gasteiger partial charge is 0.150 e. The quantitative estimate of drug-likeness (QED) is 0.600. The summed E-state index contributed by atoms with van der Waals surface area (Å²) in [6, 6.07) is 7.59. The molecule has 1 aromatic carbocycles. The Morgan fingerprint density at radius 3 is 2.69 bits per heavy atom. The highest BCUT2D eigenvalue weighted by molar-refractivity contribution is 7.98. The van der Waals surface area contributed by atoms with Gasteiger partial charge in [-0.1, -0.05) is 12.1 Å². The van der Waals surface area contributed by atoms with E-state index < -0.39 is 0 Å². The molecule has 0 fully saturated rings. The second-order valence-electron chi connectivity index (χ2n) is 3.47. The zero-order valence-corrected chi connectivity index (χ0v) is 9.78. The molecule has 16 heavy (non-hydrogen) atoms. The van der Waals surface area contributed by atoms with Gasteiger partial charge in [0.1, 0.15) is 6.29 Å². The van der Waals surface area contributed by atoms with Crippen molar-refractivity contribution < 1.29 is 4.79 Å². The molecule has 0 saturated carbocycles. The summed E-state index contributed by atoms with van der Waals surface area (Å²) in [7, 11) is 1.98. The molecule has 1 heterocycles. The molecule has 2 aromatic rings. The van der Waals surface area contributed by atoms with Gasteiger partial charge in [0.25, 0.3) is 0 Å². The third-order valence-electron chi connectivity index (χ3n) is 2.32. The molecule has 2 rings (SSSR count). The standard InChI is InChI=1S/C12H12N2OS/c1-14-9-13-6-11(14)8-16-12-4-2-10(7-15)3-5-12/h2-7,9H,8H2,1H3. The lowest BCUT2D eigenvalue weighted by atomic mass is 10.2. The third kappa shape index (κ3) is 2.52. The number of nitrogens with zero attached hydrogens (tertiary/aromatic N) is 2. The number of benzene rings is 1. The van der Waals surface area contributed by atoms with Gasteiger partial charge in [-0.3, -0.25) is 4.79 Å². The van der Waals surface area contributed by atoms with E-state index in [4.69, 9.17) is 0 Å². The molecule has 0 aliphatic rings. The van der Waals surface area contributed by atoms with E-state index in [0.29, 0.717) is 5.56 Å². The Hall–Kier alpha value is -1.55. The van der Waals surface area contributed by atoms with E-state index in [-0.39, 0.29) is 0 Å². The normalized spacial score (nSPS) is 10.3. The average Bonchev–Trinajstić information content (AvgIpc) is 2.73. The van der Waals surface area contributed by atoms with E-state index in [1.54, 1.807) is 18.1 Å². The lowest BCUT2D eigenvalue weighted by molar-refractivity contribution is 0.112. The van der Waals surface area contributed by atoms with Crippen LogP contribution in [0.4, 0.5) is 0 Å². The molecule has 4 heteroatoms. The summed E-state index contributed by atoms with van der Waals surface area (Å²) in [5.41, 5.74) is 1.90. The average molecular weight is 232 g/mol. The van der Waals surface area contributed by atoms with Gasteiger partial charge in [0.2, 0.25) is 0 Å². The molecular formula is C12H12N2OS. The van der Waals surface area contributed by atoms with Gasteiger partial charge >= 0.3 is 0 Å². The zero-order chi connectivity index (χ0) is 11.4. The summed E-state index contributed by atoms with van der Waals surface area (Å²) in [5.74, 6) is 0.886. The van der Waals surface area contributed by atoms with Crippen LogP contribution in [0.2, 0.25) is 0 Å². The van der Waals surface area contributed by atoms with Crippen LogP contribution in [0.5, 0.6) is 0 Å². The van der Waals surface area contributed by atoms with Crippen molar-refractivity contribution in [3.05, 3.63) is 48.0 Å². The molecular weight excluding hydrogens is 220 g/mol. The Morgan fingerprint density at radius 2 is 2.12 bits per heavy atom. The van der Waals surface area contributed by atoms with E-state index in [9.17, 15) is 4.79 Å². The SMILES string of the molecule is Cn1cncc1CSc1ccc(C=O)cc1. The fourth-order valence-corrected chi connectivity index (χ4v) is 2.24. The summed E-state index contributed by atoms with van der Waals surface area (Å²) in [6.45, 7) is 0. The van der Waals surface area contributed by atoms with Gasteiger partial charge < -0.3 is 4.57 Å². The van der Waals surface area contributed by atoms with Crippen molar-refractivity contribution in [2.24, 2.45) is 7.05 Å². The van der Waals surface area contributed by atoms with Crippen LogP contribution >= 0.6 is 11.8 Å². The molecule has 0 saturated heterocycles. The number of aryl methyl sites for hydroxylation is 1. The van der Waals surface area contributed by atoms with Crippen LogP contribution in [0.1, 0.15) is 16.1 Å². The Balaban J connectivity index is 1.99. The van der Waals surface area contributed by atoms with Crippen LogP contribution in [0.15, 0.2) is 41.7 Å². The first kappa shape index (κ1) is 11.0. The molecule has 1 aromatic heterocycles. The van der Waals surface area contributed by atoms with Crippen molar-refractivity contribution in [1.82, 2.24) is 9.55 Å². The van der Waals surface area contributed by atoms with Gasteiger partial charge in [0, 0.05) is 35.2 Å². The number of carbonyl (C=O) groups excluding carboxylic acids is 1. The third-order valence-corrected chi connectivity index (χ3v) is 3.36. The van der Waals surface area contributed by atoms with E-state index >= 15 is 0 Å². The first-order valence-corrected chi connectivity index (χ1v) is 5.91. The molecule has 0 radical (unpaired) electrons. The number of aromatic nitrogens is 2. The van der Waals surface area contributed by atoms with Gasteiger partial charge in [0.05, 0.1) is 6.33 Å². The van der Waals surface area contributed by atoms with Crippen molar-refractivity contribution in [3.63, 3.8) is 0 Å². The van der Waals surface area contributed by atoms with Crippen molar-refractivity contribution in [2.45, 2.75) is 10.6 Å². The zero-order valence-electron chi connectivity index (χ0n) is 8.96. The summed E-state index contributed by atoms with van der Waals surface area (Å²) in [5, 5.41) is 0. The number of aldehydes is 1. The molecule has 0 aliphatic heterocycles. The largest absolute Gasteiger partial charge is 0.337 e. The minimum Gasteiger partial charge on any atom is -0.337 e. The molecule has 0 N–H and O–H groups in total. The number of carbonyl (C=O) groups is 1.